The van der Waals surface area contributed by atoms with Gasteiger partial charge in [-0.3, -0.25) is 5.32 Å². The number of carbonyl (C=O) groups is 1. The Hall–Kier alpha value is -2.15. The predicted molar refractivity (Wildman–Crippen MR) is 99.3 cm³/mol. The van der Waals surface area contributed by atoms with E-state index in [2.05, 4.69) is 27.4 Å². The fourth-order valence-electron chi connectivity index (χ4n) is 3.64. The number of carbonyl (C=O) groups excluding carboxylic acids is 1. The van der Waals surface area contributed by atoms with Crippen LogP contribution in [0.4, 0.5) is 10.6 Å². The van der Waals surface area contributed by atoms with Gasteiger partial charge in [0.1, 0.15) is 28.7 Å². The number of nitrogens with zero attached hydrogens (tertiary/aromatic N) is 4. The second-order valence-corrected chi connectivity index (χ2v) is 8.44. The number of pyridine rings is 1. The summed E-state index contributed by atoms with van der Waals surface area (Å²) in [6.45, 7) is 7.63. The molecule has 26 heavy (non-hydrogen) atoms. The van der Waals surface area contributed by atoms with E-state index in [1.54, 1.807) is 6.33 Å². The van der Waals surface area contributed by atoms with Crippen molar-refractivity contribution in [3.8, 4) is 0 Å². The van der Waals surface area contributed by atoms with Crippen molar-refractivity contribution in [2.45, 2.75) is 51.6 Å². The molecule has 140 valence electrons. The fourth-order valence-corrected chi connectivity index (χ4v) is 3.85. The lowest BCUT2D eigenvalue weighted by molar-refractivity contribution is 0.0635. The van der Waals surface area contributed by atoms with Gasteiger partial charge in [-0.2, -0.15) is 0 Å². The fraction of sp³-hybridized carbons (Fsp3) is 0.556. The molecule has 8 heteroatoms. The van der Waals surface area contributed by atoms with Crippen molar-refractivity contribution < 1.29 is 9.53 Å². The molecular weight excluding hydrogens is 354 g/mol. The van der Waals surface area contributed by atoms with Crippen LogP contribution in [0.1, 0.15) is 51.9 Å². The van der Waals surface area contributed by atoms with Crippen molar-refractivity contribution in [2.75, 3.05) is 5.32 Å². The average molecular weight is 378 g/mol. The van der Waals surface area contributed by atoms with Crippen LogP contribution in [0.25, 0.3) is 0 Å². The Balaban J connectivity index is 1.94. The molecule has 0 radical (unpaired) electrons. The minimum absolute atomic E-state index is 0.276. The van der Waals surface area contributed by atoms with Gasteiger partial charge in [-0.1, -0.05) is 18.5 Å². The molecule has 1 saturated carbocycles. The van der Waals surface area contributed by atoms with Crippen LogP contribution in [-0.2, 0) is 17.2 Å². The molecule has 3 rings (SSSR count). The Kier molecular flexibility index (Phi) is 4.69. The molecule has 0 atom stereocenters. The van der Waals surface area contributed by atoms with Crippen molar-refractivity contribution in [3.63, 3.8) is 0 Å². The van der Waals surface area contributed by atoms with Crippen molar-refractivity contribution in [3.05, 3.63) is 35.0 Å². The Morgan fingerprint density at radius 1 is 1.38 bits per heavy atom. The van der Waals surface area contributed by atoms with E-state index in [1.165, 1.54) is 0 Å². The van der Waals surface area contributed by atoms with Gasteiger partial charge in [-0.05, 0) is 57.2 Å². The number of amides is 1. The molecule has 2 heterocycles. The first-order valence-corrected chi connectivity index (χ1v) is 8.99. The molecule has 7 nitrogen and oxygen atoms in total. The highest BCUT2D eigenvalue weighted by Crippen LogP contribution is 2.52. The van der Waals surface area contributed by atoms with Gasteiger partial charge in [0, 0.05) is 7.05 Å². The highest BCUT2D eigenvalue weighted by Gasteiger charge is 2.48. The van der Waals surface area contributed by atoms with Crippen LogP contribution in [0.2, 0.25) is 5.15 Å². The maximum Gasteiger partial charge on any atom is 0.413 e. The summed E-state index contributed by atoms with van der Waals surface area (Å²) in [6, 6.07) is 3.68. The summed E-state index contributed by atoms with van der Waals surface area (Å²) in [7, 11) is 1.93. The van der Waals surface area contributed by atoms with Gasteiger partial charge in [-0.25, -0.2) is 9.78 Å². The number of ether oxygens (including phenoxy) is 1. The normalized spacial score (nSPS) is 22.6. The number of hydrogen-bond acceptors (Lipinski definition) is 5. The maximum absolute atomic E-state index is 12.1. The average Bonchev–Trinajstić information content (AvgIpc) is 2.87. The van der Waals surface area contributed by atoms with E-state index < -0.39 is 11.7 Å². The van der Waals surface area contributed by atoms with Crippen molar-refractivity contribution >= 4 is 23.5 Å². The Morgan fingerprint density at radius 2 is 2.08 bits per heavy atom. The lowest BCUT2D eigenvalue weighted by atomic mass is 9.58. The highest BCUT2D eigenvalue weighted by molar-refractivity contribution is 6.29. The van der Waals surface area contributed by atoms with E-state index in [9.17, 15) is 4.79 Å². The summed E-state index contributed by atoms with van der Waals surface area (Å²) < 4.78 is 7.23. The Labute approximate surface area is 158 Å². The largest absolute Gasteiger partial charge is 0.444 e. The van der Waals surface area contributed by atoms with Crippen molar-refractivity contribution in [2.24, 2.45) is 13.0 Å². The molecule has 0 spiro atoms. The third-order valence-electron chi connectivity index (χ3n) is 4.51. The quantitative estimate of drug-likeness (QED) is 0.819. The van der Waals surface area contributed by atoms with E-state index in [1.807, 2.05) is 44.5 Å². The summed E-state index contributed by atoms with van der Waals surface area (Å²) in [4.78, 5) is 16.3. The second kappa shape index (κ2) is 6.54. The smallest absolute Gasteiger partial charge is 0.413 e. The van der Waals surface area contributed by atoms with Crippen molar-refractivity contribution in [1.82, 2.24) is 19.7 Å². The van der Waals surface area contributed by atoms with Crippen LogP contribution in [0.15, 0.2) is 18.5 Å². The zero-order valence-corrected chi connectivity index (χ0v) is 16.5. The summed E-state index contributed by atoms with van der Waals surface area (Å²) in [5.74, 6) is 1.82. The van der Waals surface area contributed by atoms with E-state index in [4.69, 9.17) is 16.3 Å². The van der Waals surface area contributed by atoms with E-state index in [0.717, 1.165) is 24.2 Å². The molecule has 0 bridgehead atoms. The first-order chi connectivity index (χ1) is 12.1. The van der Waals surface area contributed by atoms with Gasteiger partial charge in [0.05, 0.1) is 5.41 Å². The summed E-state index contributed by atoms with van der Waals surface area (Å²) >= 11 is 6.25. The molecule has 1 fully saturated rings. The molecular formula is C18H24ClN5O2. The molecule has 1 N–H and O–H groups in total. The SMILES string of the molecule is Cn1cnnc1[C@]1(c2cc(Cl)nc(NC(=O)OC(C)(C)C)c2)C[C@H](C)C1. The zero-order chi connectivity index (χ0) is 19.1. The summed E-state index contributed by atoms with van der Waals surface area (Å²) in [5.41, 5.74) is 0.105. The Morgan fingerprint density at radius 3 is 2.62 bits per heavy atom. The number of hydrogen-bond donors (Lipinski definition) is 1. The first kappa shape index (κ1) is 18.6. The minimum atomic E-state index is -0.589. The van der Waals surface area contributed by atoms with E-state index in [-0.39, 0.29) is 5.41 Å². The van der Waals surface area contributed by atoms with Crippen LogP contribution in [0, 0.1) is 5.92 Å². The summed E-state index contributed by atoms with van der Waals surface area (Å²) in [5, 5.41) is 11.3. The third kappa shape index (κ3) is 3.67. The number of nitrogens with one attached hydrogen (secondary N) is 1. The molecule has 0 saturated heterocycles. The topological polar surface area (TPSA) is 81.9 Å². The van der Waals surface area contributed by atoms with Crippen LogP contribution < -0.4 is 5.32 Å². The molecule has 1 aliphatic carbocycles. The van der Waals surface area contributed by atoms with Gasteiger partial charge in [-0.15, -0.1) is 10.2 Å². The van der Waals surface area contributed by atoms with E-state index >= 15 is 0 Å². The van der Waals surface area contributed by atoms with Gasteiger partial charge in [0.15, 0.2) is 0 Å². The molecule has 1 aliphatic rings. The van der Waals surface area contributed by atoms with Crippen LogP contribution in [0.3, 0.4) is 0 Å². The maximum atomic E-state index is 12.1. The molecule has 0 aromatic carbocycles. The van der Waals surface area contributed by atoms with Crippen LogP contribution >= 0.6 is 11.6 Å². The Bertz CT molecular complexity index is 821. The second-order valence-electron chi connectivity index (χ2n) is 8.05. The summed E-state index contributed by atoms with van der Waals surface area (Å²) in [6.07, 6.45) is 3.01. The molecule has 0 aliphatic heterocycles. The van der Waals surface area contributed by atoms with Gasteiger partial charge >= 0.3 is 6.09 Å². The highest BCUT2D eigenvalue weighted by atomic mass is 35.5. The zero-order valence-electron chi connectivity index (χ0n) is 15.7. The number of aryl methyl sites for hydroxylation is 1. The minimum Gasteiger partial charge on any atom is -0.444 e. The lowest BCUT2D eigenvalue weighted by Gasteiger charge is -2.46. The molecule has 2 aromatic heterocycles. The molecule has 2 aromatic rings. The number of halogens is 1. The van der Waals surface area contributed by atoms with Gasteiger partial charge in [0.2, 0.25) is 0 Å². The van der Waals surface area contributed by atoms with Gasteiger partial charge < -0.3 is 9.30 Å². The number of aromatic nitrogens is 4. The van der Waals surface area contributed by atoms with Crippen LogP contribution in [0.5, 0.6) is 0 Å². The molecule has 0 unspecified atom stereocenters. The monoisotopic (exact) mass is 377 g/mol. The van der Waals surface area contributed by atoms with Crippen LogP contribution in [-0.4, -0.2) is 31.4 Å². The first-order valence-electron chi connectivity index (χ1n) is 8.62. The third-order valence-corrected chi connectivity index (χ3v) is 4.70. The predicted octanol–water partition coefficient (Wildman–Crippen LogP) is 3.93. The van der Waals surface area contributed by atoms with Gasteiger partial charge in [0.25, 0.3) is 0 Å². The van der Waals surface area contributed by atoms with E-state index in [0.29, 0.717) is 16.9 Å². The number of anilines is 1. The van der Waals surface area contributed by atoms with Crippen molar-refractivity contribution in [1.29, 1.82) is 0 Å². The molecule has 1 amide bonds. The lowest BCUT2D eigenvalue weighted by Crippen LogP contribution is -2.43. The standard InChI is InChI=1S/C18H24ClN5O2/c1-11-8-18(9-11,15-23-20-10-24(15)5)12-6-13(19)21-14(7-12)22-16(25)26-17(2,3)4/h6-7,10-11H,8-9H2,1-5H3,(H,21,22,25)/t11-,18+. The number of rotatable bonds is 3.